The van der Waals surface area contributed by atoms with Gasteiger partial charge >= 0.3 is 5.97 Å². The first-order valence-electron chi connectivity index (χ1n) is 14.4. The van der Waals surface area contributed by atoms with Gasteiger partial charge in [0.25, 0.3) is 0 Å². The number of halogens is 1. The van der Waals surface area contributed by atoms with E-state index in [0.717, 1.165) is 49.6 Å². The number of carbonyl (C=O) groups is 2. The first-order valence-corrected chi connectivity index (χ1v) is 14.4. The highest BCUT2D eigenvalue weighted by Crippen LogP contribution is 2.50. The fourth-order valence-electron chi connectivity index (χ4n) is 6.94. The summed E-state index contributed by atoms with van der Waals surface area (Å²) in [6, 6.07) is 12.8. The molecule has 3 aliphatic carbocycles. The predicted octanol–water partition coefficient (Wildman–Crippen LogP) is 5.92. The van der Waals surface area contributed by atoms with Crippen LogP contribution in [-0.2, 0) is 9.53 Å². The third kappa shape index (κ3) is 4.16. The standard InChI is InChI=1S/C32H31FN6O3/c1-3-42-31(41)25-14-20-10-12-32(25,13-11-20)36-29-27-9-8-22(18-40)39(27)37-28(35-29)24-17-38(26-7-5-4-6-19(26)2)30-23(24)15-21(33)16-34-30/h4-9,15-18,20,25H,3,10-14H2,1-2H3,(H,35,36,37). The van der Waals surface area contributed by atoms with Gasteiger partial charge in [0.05, 0.1) is 24.3 Å². The van der Waals surface area contributed by atoms with Gasteiger partial charge in [0.1, 0.15) is 22.7 Å². The number of rotatable bonds is 7. The number of hydrogen-bond acceptors (Lipinski definition) is 7. The molecule has 42 heavy (non-hydrogen) atoms. The lowest BCUT2D eigenvalue weighted by molar-refractivity contribution is -0.154. The van der Waals surface area contributed by atoms with E-state index in [4.69, 9.17) is 14.8 Å². The molecule has 3 fully saturated rings. The van der Waals surface area contributed by atoms with Gasteiger partial charge in [-0.1, -0.05) is 18.2 Å². The monoisotopic (exact) mass is 566 g/mol. The number of carbonyl (C=O) groups excluding carboxylic acids is 2. The molecular weight excluding hydrogens is 535 g/mol. The molecule has 1 atom stereocenters. The van der Waals surface area contributed by atoms with Crippen LogP contribution in [0, 0.1) is 24.6 Å². The molecule has 1 N–H and O–H groups in total. The molecule has 2 bridgehead atoms. The summed E-state index contributed by atoms with van der Waals surface area (Å²) in [5, 5.41) is 8.99. The van der Waals surface area contributed by atoms with E-state index in [1.807, 2.05) is 48.9 Å². The molecule has 4 aromatic heterocycles. The molecule has 3 aliphatic rings. The van der Waals surface area contributed by atoms with Crippen LogP contribution in [0.4, 0.5) is 10.2 Å². The number of para-hydroxylation sites is 1. The van der Waals surface area contributed by atoms with Crippen LogP contribution in [0.5, 0.6) is 0 Å². The van der Waals surface area contributed by atoms with Crippen molar-refractivity contribution in [3.05, 3.63) is 71.9 Å². The first-order chi connectivity index (χ1) is 20.4. The van der Waals surface area contributed by atoms with Crippen LogP contribution in [0.2, 0.25) is 0 Å². The van der Waals surface area contributed by atoms with Crippen molar-refractivity contribution in [3.63, 3.8) is 0 Å². The lowest BCUT2D eigenvalue weighted by Crippen LogP contribution is -2.56. The highest BCUT2D eigenvalue weighted by Gasteiger charge is 2.52. The fourth-order valence-corrected chi connectivity index (χ4v) is 6.94. The van der Waals surface area contributed by atoms with Gasteiger partial charge in [0.15, 0.2) is 17.9 Å². The molecule has 0 amide bonds. The van der Waals surface area contributed by atoms with Gasteiger partial charge in [-0.2, -0.15) is 0 Å². The largest absolute Gasteiger partial charge is 0.466 e. The van der Waals surface area contributed by atoms with Crippen molar-refractivity contribution in [2.24, 2.45) is 11.8 Å². The number of hydrogen-bond donors (Lipinski definition) is 1. The topological polar surface area (TPSA) is 103 Å². The number of nitrogens with one attached hydrogen (secondary N) is 1. The summed E-state index contributed by atoms with van der Waals surface area (Å²) < 4.78 is 23.6. The molecule has 8 rings (SSSR count). The minimum Gasteiger partial charge on any atom is -0.466 e. The molecule has 214 valence electrons. The van der Waals surface area contributed by atoms with Gasteiger partial charge in [-0.05, 0) is 81.7 Å². The summed E-state index contributed by atoms with van der Waals surface area (Å²) in [5.41, 5.74) is 3.51. The molecular formula is C32H31FN6O3. The number of aldehydes is 1. The Bertz CT molecular complexity index is 1850. The molecule has 0 aliphatic heterocycles. The zero-order valence-electron chi connectivity index (χ0n) is 23.5. The normalized spacial score (nSPS) is 21.6. The van der Waals surface area contributed by atoms with E-state index in [9.17, 15) is 14.0 Å². The summed E-state index contributed by atoms with van der Waals surface area (Å²) in [4.78, 5) is 34.6. The van der Waals surface area contributed by atoms with Crippen LogP contribution in [-0.4, -0.2) is 48.6 Å². The van der Waals surface area contributed by atoms with Crippen LogP contribution in [0.3, 0.4) is 0 Å². The second-order valence-electron chi connectivity index (χ2n) is 11.4. The highest BCUT2D eigenvalue weighted by atomic mass is 19.1. The zero-order valence-corrected chi connectivity index (χ0v) is 23.5. The maximum atomic E-state index is 14.6. The molecule has 0 spiro atoms. The van der Waals surface area contributed by atoms with Gasteiger partial charge in [-0.15, -0.1) is 5.10 Å². The van der Waals surface area contributed by atoms with Crippen molar-refractivity contribution in [1.29, 1.82) is 0 Å². The molecule has 9 nitrogen and oxygen atoms in total. The zero-order chi connectivity index (χ0) is 29.0. The number of aromatic nitrogens is 5. The average molecular weight is 567 g/mol. The number of nitrogens with zero attached hydrogens (tertiary/aromatic N) is 5. The maximum Gasteiger partial charge on any atom is 0.311 e. The Morgan fingerprint density at radius 1 is 1.21 bits per heavy atom. The summed E-state index contributed by atoms with van der Waals surface area (Å²) in [5.74, 6) is 0.368. The van der Waals surface area contributed by atoms with Crippen molar-refractivity contribution in [2.45, 2.75) is 51.5 Å². The Kier molecular flexibility index (Phi) is 6.29. The highest BCUT2D eigenvalue weighted by molar-refractivity contribution is 5.94. The first kappa shape index (κ1) is 26.3. The fraction of sp³-hybridized carbons (Fsp3) is 0.344. The molecule has 0 radical (unpaired) electrons. The number of pyridine rings is 1. The van der Waals surface area contributed by atoms with E-state index >= 15 is 0 Å². The molecule has 1 aromatic carbocycles. The maximum absolute atomic E-state index is 14.6. The summed E-state index contributed by atoms with van der Waals surface area (Å²) in [6.07, 6.45) is 8.25. The van der Waals surface area contributed by atoms with Gasteiger partial charge in [0.2, 0.25) is 0 Å². The van der Waals surface area contributed by atoms with Gasteiger partial charge in [-0.25, -0.2) is 18.9 Å². The number of ether oxygens (including phenoxy) is 1. The molecule has 3 saturated carbocycles. The Morgan fingerprint density at radius 2 is 2.02 bits per heavy atom. The lowest BCUT2D eigenvalue weighted by atomic mass is 9.59. The van der Waals surface area contributed by atoms with Crippen molar-refractivity contribution < 1.29 is 18.7 Å². The van der Waals surface area contributed by atoms with Crippen molar-refractivity contribution >= 4 is 34.6 Å². The van der Waals surface area contributed by atoms with Crippen LogP contribution < -0.4 is 5.32 Å². The predicted molar refractivity (Wildman–Crippen MR) is 156 cm³/mol. The third-order valence-electron chi connectivity index (χ3n) is 9.06. The second kappa shape index (κ2) is 10.0. The van der Waals surface area contributed by atoms with E-state index in [1.54, 1.807) is 16.6 Å². The van der Waals surface area contributed by atoms with Gasteiger partial charge in [0, 0.05) is 22.8 Å². The van der Waals surface area contributed by atoms with Gasteiger partial charge < -0.3 is 14.6 Å². The lowest BCUT2D eigenvalue weighted by Gasteiger charge is -2.51. The van der Waals surface area contributed by atoms with E-state index in [2.05, 4.69) is 10.3 Å². The SMILES string of the molecule is CCOC(=O)C1CC2CCC1(Nc1nc(-c3cn(-c4ccccc4C)c4ncc(F)cc34)nn3c(C=O)ccc13)CC2. The number of esters is 1. The molecule has 1 unspecified atom stereocenters. The minimum atomic E-state index is -0.526. The van der Waals surface area contributed by atoms with E-state index < -0.39 is 11.4 Å². The van der Waals surface area contributed by atoms with Gasteiger partial charge in [-0.3, -0.25) is 9.59 Å². The number of benzene rings is 1. The van der Waals surface area contributed by atoms with E-state index in [0.29, 0.717) is 52.0 Å². The Labute approximate surface area is 241 Å². The smallest absolute Gasteiger partial charge is 0.311 e. The average Bonchev–Trinajstić information content (AvgIpc) is 3.59. The second-order valence-corrected chi connectivity index (χ2v) is 11.4. The van der Waals surface area contributed by atoms with Crippen molar-refractivity contribution in [3.8, 4) is 17.1 Å². The van der Waals surface area contributed by atoms with E-state index in [1.165, 1.54) is 12.3 Å². The van der Waals surface area contributed by atoms with Crippen molar-refractivity contribution in [1.82, 2.24) is 24.1 Å². The van der Waals surface area contributed by atoms with Crippen molar-refractivity contribution in [2.75, 3.05) is 11.9 Å². The molecule has 0 saturated heterocycles. The summed E-state index contributed by atoms with van der Waals surface area (Å²) in [6.45, 7) is 4.16. The number of fused-ring (bicyclic) bond motifs is 5. The van der Waals surface area contributed by atoms with Crippen LogP contribution in [0.25, 0.3) is 33.6 Å². The minimum absolute atomic E-state index is 0.188. The van der Waals surface area contributed by atoms with Crippen LogP contribution in [0.15, 0.2) is 54.9 Å². The van der Waals surface area contributed by atoms with Crippen LogP contribution in [0.1, 0.15) is 55.1 Å². The third-order valence-corrected chi connectivity index (χ3v) is 9.06. The Morgan fingerprint density at radius 3 is 2.79 bits per heavy atom. The Balaban J connectivity index is 1.42. The molecule has 10 heteroatoms. The molecule has 4 heterocycles. The Hall–Kier alpha value is -4.60. The quantitative estimate of drug-likeness (QED) is 0.193. The van der Waals surface area contributed by atoms with E-state index in [-0.39, 0.29) is 11.9 Å². The number of anilines is 1. The van der Waals surface area contributed by atoms with Crippen LogP contribution >= 0.6 is 0 Å². The number of aryl methyl sites for hydroxylation is 1. The summed E-state index contributed by atoms with van der Waals surface area (Å²) in [7, 11) is 0. The molecule has 5 aromatic rings. The summed E-state index contributed by atoms with van der Waals surface area (Å²) >= 11 is 0.